The average molecular weight is 402 g/mol. The second-order valence-electron chi connectivity index (χ2n) is 7.16. The molecule has 0 amide bonds. The van der Waals surface area contributed by atoms with Crippen LogP contribution in [0, 0.1) is 18.8 Å². The zero-order chi connectivity index (χ0) is 16.3. The van der Waals surface area contributed by atoms with Crippen molar-refractivity contribution in [3.05, 3.63) is 46.5 Å². The van der Waals surface area contributed by atoms with Gasteiger partial charge in [-0.25, -0.2) is 0 Å². The van der Waals surface area contributed by atoms with Crippen LogP contribution in [0.5, 0.6) is 5.75 Å². The summed E-state index contributed by atoms with van der Waals surface area (Å²) in [5.74, 6) is 2.38. The van der Waals surface area contributed by atoms with E-state index in [-0.39, 0.29) is 24.8 Å². The molecule has 0 radical (unpaired) electrons. The Morgan fingerprint density at radius 1 is 1.08 bits per heavy atom. The van der Waals surface area contributed by atoms with E-state index >= 15 is 0 Å². The molecule has 1 aromatic rings. The predicted molar refractivity (Wildman–Crippen MR) is 90.6 cm³/mol. The van der Waals surface area contributed by atoms with Crippen LogP contribution in [0.15, 0.2) is 24.3 Å². The van der Waals surface area contributed by atoms with Gasteiger partial charge < -0.3 is 24.8 Å². The second kappa shape index (κ2) is 10.7. The summed E-state index contributed by atoms with van der Waals surface area (Å²) >= 11 is 1.82. The Kier molecular flexibility index (Phi) is 10.6. The SMILES string of the molecule is Cc1cc(CC(C)C)c([O][Ti+2])c(CC(C)C)c1C1=CC=CC1.[Cl-].[Cl-]. The number of benzene rings is 1. The van der Waals surface area contributed by atoms with Crippen molar-refractivity contribution in [3.63, 3.8) is 0 Å². The summed E-state index contributed by atoms with van der Waals surface area (Å²) in [6.45, 7) is 11.4. The topological polar surface area (TPSA) is 9.23 Å². The summed E-state index contributed by atoms with van der Waals surface area (Å²) in [6.07, 6.45) is 9.85. The third-order valence-corrected chi connectivity index (χ3v) is 4.41. The number of allylic oxidation sites excluding steroid dienone is 4. The van der Waals surface area contributed by atoms with Crippen LogP contribution in [0.4, 0.5) is 0 Å². The molecule has 0 aliphatic heterocycles. The zero-order valence-electron chi connectivity index (χ0n) is 15.2. The molecule has 0 atom stereocenters. The maximum atomic E-state index is 5.89. The van der Waals surface area contributed by atoms with Crippen molar-refractivity contribution >= 4 is 5.57 Å². The Morgan fingerprint density at radius 2 is 1.71 bits per heavy atom. The normalized spacial score (nSPS) is 13.0. The quantitative estimate of drug-likeness (QED) is 0.588. The Balaban J connectivity index is 0.00000264. The first-order valence-corrected chi connectivity index (χ1v) is 8.92. The van der Waals surface area contributed by atoms with E-state index in [0.717, 1.165) is 25.0 Å². The van der Waals surface area contributed by atoms with Crippen LogP contribution in [0.3, 0.4) is 0 Å². The molecule has 2 rings (SSSR count). The van der Waals surface area contributed by atoms with Gasteiger partial charge in [0.25, 0.3) is 0 Å². The maximum absolute atomic E-state index is 5.89. The fourth-order valence-electron chi connectivity index (χ4n) is 3.35. The monoisotopic (exact) mass is 401 g/mol. The van der Waals surface area contributed by atoms with E-state index in [1.165, 1.54) is 27.8 Å². The summed E-state index contributed by atoms with van der Waals surface area (Å²) in [5.41, 5.74) is 7.01. The Bertz CT molecular complexity index is 604. The van der Waals surface area contributed by atoms with Crippen molar-refractivity contribution in [2.75, 3.05) is 0 Å². The summed E-state index contributed by atoms with van der Waals surface area (Å²) in [7, 11) is 0. The largest absolute Gasteiger partial charge is 1.00 e. The van der Waals surface area contributed by atoms with Gasteiger partial charge in [0.15, 0.2) is 0 Å². The van der Waals surface area contributed by atoms with E-state index in [4.69, 9.17) is 3.32 Å². The molecule has 4 heteroatoms. The Labute approximate surface area is 172 Å². The zero-order valence-corrected chi connectivity index (χ0v) is 18.3. The minimum Gasteiger partial charge on any atom is -1.00 e. The van der Waals surface area contributed by atoms with Gasteiger partial charge in [0, 0.05) is 0 Å². The summed E-state index contributed by atoms with van der Waals surface area (Å²) < 4.78 is 5.89. The van der Waals surface area contributed by atoms with Crippen molar-refractivity contribution in [3.8, 4) is 5.75 Å². The average Bonchev–Trinajstić information content (AvgIpc) is 2.91. The molecule has 24 heavy (non-hydrogen) atoms. The first-order chi connectivity index (χ1) is 10.4. The van der Waals surface area contributed by atoms with Gasteiger partial charge in [-0.3, -0.25) is 0 Å². The molecule has 0 fully saturated rings. The first kappa shape index (κ1) is 23.8. The van der Waals surface area contributed by atoms with Crippen molar-refractivity contribution in [1.82, 2.24) is 0 Å². The van der Waals surface area contributed by atoms with Crippen molar-refractivity contribution < 1.29 is 49.0 Å². The smallest absolute Gasteiger partial charge is 1.00 e. The van der Waals surface area contributed by atoms with Crippen LogP contribution in [-0.2, 0) is 33.7 Å². The van der Waals surface area contributed by atoms with Gasteiger partial charge in [0.2, 0.25) is 0 Å². The molecule has 0 spiro atoms. The molecule has 0 bridgehead atoms. The van der Waals surface area contributed by atoms with Gasteiger partial charge in [-0.2, -0.15) is 0 Å². The van der Waals surface area contributed by atoms with Gasteiger partial charge >= 0.3 is 148 Å². The van der Waals surface area contributed by atoms with Crippen LogP contribution >= 0.6 is 0 Å². The number of rotatable bonds is 6. The number of aryl methyl sites for hydroxylation is 1. The van der Waals surface area contributed by atoms with Crippen LogP contribution in [0.2, 0.25) is 0 Å². The van der Waals surface area contributed by atoms with Crippen LogP contribution in [0.1, 0.15) is 56.4 Å². The van der Waals surface area contributed by atoms with Gasteiger partial charge in [0.05, 0.1) is 0 Å². The van der Waals surface area contributed by atoms with E-state index in [2.05, 4.69) is 58.9 Å². The second-order valence-corrected chi connectivity index (χ2v) is 7.48. The summed E-state index contributed by atoms with van der Waals surface area (Å²) in [4.78, 5) is 0. The maximum Gasteiger partial charge on any atom is -1.00 e. The molecular formula is C20H27Cl2OTi. The fourth-order valence-corrected chi connectivity index (χ4v) is 3.74. The molecular weight excluding hydrogens is 375 g/mol. The van der Waals surface area contributed by atoms with Gasteiger partial charge in [-0.05, 0) is 0 Å². The van der Waals surface area contributed by atoms with Gasteiger partial charge in [-0.1, -0.05) is 0 Å². The molecule has 1 nitrogen and oxygen atoms in total. The molecule has 131 valence electrons. The number of hydrogen-bond donors (Lipinski definition) is 0. The molecule has 0 heterocycles. The Morgan fingerprint density at radius 3 is 2.17 bits per heavy atom. The molecule has 0 N–H and O–H groups in total. The van der Waals surface area contributed by atoms with Crippen LogP contribution < -0.4 is 28.1 Å². The standard InChI is InChI=1S/C20H28O.2ClH.Ti/c1-13(2)10-17-12-15(5)19(16-8-6-7-9-16)18(20(17)21)11-14(3)4;;;/h6-8,12-14,21H,9-11H2,1-5H3;2*1H;/q;;;+3/p-3. The van der Waals surface area contributed by atoms with Crippen molar-refractivity contribution in [1.29, 1.82) is 0 Å². The molecule has 0 saturated heterocycles. The molecule has 1 aliphatic rings. The van der Waals surface area contributed by atoms with Crippen molar-refractivity contribution in [2.24, 2.45) is 11.8 Å². The molecule has 0 saturated carbocycles. The summed E-state index contributed by atoms with van der Waals surface area (Å²) in [5, 5.41) is 0. The van der Waals surface area contributed by atoms with E-state index in [1.807, 2.05) is 20.8 Å². The van der Waals surface area contributed by atoms with Crippen molar-refractivity contribution in [2.45, 2.75) is 53.9 Å². The predicted octanol–water partition coefficient (Wildman–Crippen LogP) is -0.416. The van der Waals surface area contributed by atoms with E-state index in [1.54, 1.807) is 0 Å². The summed E-state index contributed by atoms with van der Waals surface area (Å²) in [6, 6.07) is 2.34. The van der Waals surface area contributed by atoms with Crippen LogP contribution in [0.25, 0.3) is 5.57 Å². The van der Waals surface area contributed by atoms with E-state index in [9.17, 15) is 0 Å². The molecule has 0 unspecified atom stereocenters. The fraction of sp³-hybridized carbons (Fsp3) is 0.500. The molecule has 1 aromatic carbocycles. The first-order valence-electron chi connectivity index (χ1n) is 8.29. The third kappa shape index (κ3) is 5.66. The minimum absolute atomic E-state index is 0. The van der Waals surface area contributed by atoms with E-state index < -0.39 is 0 Å². The van der Waals surface area contributed by atoms with Crippen LogP contribution in [-0.4, -0.2) is 0 Å². The van der Waals surface area contributed by atoms with E-state index in [0.29, 0.717) is 11.8 Å². The van der Waals surface area contributed by atoms with Gasteiger partial charge in [0.1, 0.15) is 0 Å². The Hall–Kier alpha value is -0.206. The minimum atomic E-state index is 0. The molecule has 0 aromatic heterocycles. The number of halogens is 2. The third-order valence-electron chi connectivity index (χ3n) is 4.09. The van der Waals surface area contributed by atoms with Gasteiger partial charge in [-0.15, -0.1) is 0 Å². The molecule has 1 aliphatic carbocycles. The number of hydrogen-bond acceptors (Lipinski definition) is 1.